The van der Waals surface area contributed by atoms with Crippen molar-refractivity contribution in [2.45, 2.75) is 18.9 Å². The van der Waals surface area contributed by atoms with Crippen LogP contribution in [0.3, 0.4) is 0 Å². The maximum atomic E-state index is 11.9. The van der Waals surface area contributed by atoms with E-state index in [4.69, 9.17) is 5.73 Å². The highest BCUT2D eigenvalue weighted by Crippen LogP contribution is 2.31. The van der Waals surface area contributed by atoms with E-state index in [9.17, 15) is 13.2 Å². The van der Waals surface area contributed by atoms with Gasteiger partial charge in [0.05, 0.1) is 6.26 Å². The van der Waals surface area contributed by atoms with Crippen LogP contribution in [0, 0.1) is 5.92 Å². The van der Waals surface area contributed by atoms with Crippen LogP contribution in [0.15, 0.2) is 24.3 Å². The molecule has 0 aliphatic heterocycles. The topological polar surface area (TPSA) is 101 Å². The van der Waals surface area contributed by atoms with Gasteiger partial charge in [0.15, 0.2) is 0 Å². The molecule has 0 heterocycles. The van der Waals surface area contributed by atoms with Crippen molar-refractivity contribution < 1.29 is 13.2 Å². The van der Waals surface area contributed by atoms with Crippen LogP contribution in [-0.4, -0.2) is 33.2 Å². The van der Waals surface area contributed by atoms with Gasteiger partial charge in [-0.2, -0.15) is 0 Å². The van der Waals surface area contributed by atoms with E-state index in [1.807, 2.05) is 0 Å². The third kappa shape index (κ3) is 4.50. The lowest BCUT2D eigenvalue weighted by molar-refractivity contribution is 0.0950. The predicted octanol–water partition coefficient (Wildman–Crippen LogP) is 0.525. The van der Waals surface area contributed by atoms with E-state index in [0.29, 0.717) is 23.7 Å². The second-order valence-electron chi connectivity index (χ2n) is 5.16. The molecular formula is C13H19N3O3S. The van der Waals surface area contributed by atoms with E-state index in [1.165, 1.54) is 0 Å². The van der Waals surface area contributed by atoms with Gasteiger partial charge in [0, 0.05) is 23.8 Å². The fourth-order valence-corrected chi connectivity index (χ4v) is 2.47. The number of anilines is 1. The minimum Gasteiger partial charge on any atom is -0.350 e. The van der Waals surface area contributed by atoms with Crippen LogP contribution in [0.1, 0.15) is 23.2 Å². The first-order chi connectivity index (χ1) is 9.35. The van der Waals surface area contributed by atoms with E-state index in [1.54, 1.807) is 24.3 Å². The third-order valence-electron chi connectivity index (χ3n) is 3.18. The van der Waals surface area contributed by atoms with Gasteiger partial charge in [0.2, 0.25) is 10.0 Å². The average Bonchev–Trinajstić information content (AvgIpc) is 3.18. The lowest BCUT2D eigenvalue weighted by Gasteiger charge is -2.11. The van der Waals surface area contributed by atoms with Crippen LogP contribution < -0.4 is 15.8 Å². The first-order valence-electron chi connectivity index (χ1n) is 6.47. The predicted molar refractivity (Wildman–Crippen MR) is 77.9 cm³/mol. The summed E-state index contributed by atoms with van der Waals surface area (Å²) in [5.41, 5.74) is 6.82. The summed E-state index contributed by atoms with van der Waals surface area (Å²) in [5, 5.41) is 2.79. The zero-order chi connectivity index (χ0) is 14.8. The standard InChI is InChI=1S/C13H19N3O3S/c1-20(18,19)16-11-6-4-10(5-7-11)13(17)15-8-12(14)9-2-3-9/h4-7,9,12,16H,2-3,8,14H2,1H3,(H,15,17). The summed E-state index contributed by atoms with van der Waals surface area (Å²) in [6, 6.07) is 6.27. The van der Waals surface area contributed by atoms with Crippen molar-refractivity contribution >= 4 is 21.6 Å². The van der Waals surface area contributed by atoms with Gasteiger partial charge in [0.25, 0.3) is 5.91 Å². The molecule has 1 amide bonds. The summed E-state index contributed by atoms with van der Waals surface area (Å²) in [5.74, 6) is 0.337. The van der Waals surface area contributed by atoms with Gasteiger partial charge in [0.1, 0.15) is 0 Å². The molecule has 0 bridgehead atoms. The fourth-order valence-electron chi connectivity index (χ4n) is 1.91. The number of sulfonamides is 1. The van der Waals surface area contributed by atoms with Crippen LogP contribution in [0.2, 0.25) is 0 Å². The molecule has 0 radical (unpaired) electrons. The Kier molecular flexibility index (Phi) is 4.29. The van der Waals surface area contributed by atoms with Crippen molar-refractivity contribution in [3.63, 3.8) is 0 Å². The van der Waals surface area contributed by atoms with Gasteiger partial charge in [-0.1, -0.05) is 0 Å². The second kappa shape index (κ2) is 5.80. The van der Waals surface area contributed by atoms with Crippen LogP contribution >= 0.6 is 0 Å². The molecular weight excluding hydrogens is 278 g/mol. The zero-order valence-electron chi connectivity index (χ0n) is 11.3. The Morgan fingerprint density at radius 2 is 1.95 bits per heavy atom. The van der Waals surface area contributed by atoms with Crippen molar-refractivity contribution in [1.82, 2.24) is 5.32 Å². The number of amides is 1. The Bertz CT molecular complexity index is 579. The zero-order valence-corrected chi connectivity index (χ0v) is 12.1. The summed E-state index contributed by atoms with van der Waals surface area (Å²) in [6.45, 7) is 0.465. The van der Waals surface area contributed by atoms with Crippen molar-refractivity contribution in [3.05, 3.63) is 29.8 Å². The van der Waals surface area contributed by atoms with Crippen LogP contribution in [0.25, 0.3) is 0 Å². The second-order valence-corrected chi connectivity index (χ2v) is 6.91. The lowest BCUT2D eigenvalue weighted by atomic mass is 10.1. The number of benzene rings is 1. The van der Waals surface area contributed by atoms with Crippen molar-refractivity contribution in [3.8, 4) is 0 Å². The fraction of sp³-hybridized carbons (Fsp3) is 0.462. The number of carbonyl (C=O) groups is 1. The monoisotopic (exact) mass is 297 g/mol. The van der Waals surface area contributed by atoms with Crippen molar-refractivity contribution in [2.75, 3.05) is 17.5 Å². The van der Waals surface area contributed by atoms with E-state index >= 15 is 0 Å². The van der Waals surface area contributed by atoms with Crippen LogP contribution in [0.5, 0.6) is 0 Å². The highest BCUT2D eigenvalue weighted by molar-refractivity contribution is 7.92. The van der Waals surface area contributed by atoms with Gasteiger partial charge in [-0.3, -0.25) is 9.52 Å². The maximum absolute atomic E-state index is 11.9. The maximum Gasteiger partial charge on any atom is 0.251 e. The Morgan fingerprint density at radius 1 is 1.35 bits per heavy atom. The molecule has 1 saturated carbocycles. The Hall–Kier alpha value is -1.60. The van der Waals surface area contributed by atoms with Gasteiger partial charge in [-0.25, -0.2) is 8.42 Å². The molecule has 1 aromatic rings. The molecule has 4 N–H and O–H groups in total. The number of nitrogens with one attached hydrogen (secondary N) is 2. The summed E-state index contributed by atoms with van der Waals surface area (Å²) in [4.78, 5) is 11.9. The quantitative estimate of drug-likeness (QED) is 0.712. The highest BCUT2D eigenvalue weighted by Gasteiger charge is 2.28. The molecule has 0 spiro atoms. The Morgan fingerprint density at radius 3 is 2.45 bits per heavy atom. The lowest BCUT2D eigenvalue weighted by Crippen LogP contribution is -2.38. The van der Waals surface area contributed by atoms with Crippen molar-refractivity contribution in [1.29, 1.82) is 0 Å². The van der Waals surface area contributed by atoms with E-state index in [-0.39, 0.29) is 11.9 Å². The minimum atomic E-state index is -3.30. The number of hydrogen-bond acceptors (Lipinski definition) is 4. The van der Waals surface area contributed by atoms with Crippen molar-refractivity contribution in [2.24, 2.45) is 11.7 Å². The van der Waals surface area contributed by atoms with Gasteiger partial charge in [-0.05, 0) is 43.0 Å². The first kappa shape index (κ1) is 14.8. The minimum absolute atomic E-state index is 0.0186. The van der Waals surface area contributed by atoms with E-state index in [0.717, 1.165) is 19.1 Å². The molecule has 110 valence electrons. The molecule has 7 heteroatoms. The smallest absolute Gasteiger partial charge is 0.251 e. The van der Waals surface area contributed by atoms with Crippen LogP contribution in [-0.2, 0) is 10.0 Å². The third-order valence-corrected chi connectivity index (χ3v) is 3.78. The van der Waals surface area contributed by atoms with Gasteiger partial charge >= 0.3 is 0 Å². The summed E-state index contributed by atoms with van der Waals surface area (Å²) in [7, 11) is -3.30. The molecule has 1 atom stereocenters. The largest absolute Gasteiger partial charge is 0.350 e. The molecule has 20 heavy (non-hydrogen) atoms. The Balaban J connectivity index is 1.89. The number of rotatable bonds is 6. The molecule has 1 aliphatic carbocycles. The summed E-state index contributed by atoms with van der Waals surface area (Å²) >= 11 is 0. The molecule has 0 saturated heterocycles. The van der Waals surface area contributed by atoms with Gasteiger partial charge in [-0.15, -0.1) is 0 Å². The van der Waals surface area contributed by atoms with Gasteiger partial charge < -0.3 is 11.1 Å². The normalized spacial score (nSPS) is 16.5. The average molecular weight is 297 g/mol. The SMILES string of the molecule is CS(=O)(=O)Nc1ccc(C(=O)NCC(N)C2CC2)cc1. The molecule has 2 rings (SSSR count). The van der Waals surface area contributed by atoms with E-state index in [2.05, 4.69) is 10.0 Å². The molecule has 6 nitrogen and oxygen atoms in total. The first-order valence-corrected chi connectivity index (χ1v) is 8.36. The summed E-state index contributed by atoms with van der Waals surface area (Å²) < 4.78 is 24.5. The molecule has 1 aliphatic rings. The molecule has 1 unspecified atom stereocenters. The van der Waals surface area contributed by atoms with Crippen LogP contribution in [0.4, 0.5) is 5.69 Å². The number of carbonyl (C=O) groups excluding carboxylic acids is 1. The number of hydrogen-bond donors (Lipinski definition) is 3. The molecule has 1 aromatic carbocycles. The molecule has 1 fully saturated rings. The summed E-state index contributed by atoms with van der Waals surface area (Å²) in [6.07, 6.45) is 3.36. The Labute approximate surface area is 118 Å². The molecule has 0 aromatic heterocycles. The van der Waals surface area contributed by atoms with E-state index < -0.39 is 10.0 Å². The number of nitrogens with two attached hydrogens (primary N) is 1. The highest BCUT2D eigenvalue weighted by atomic mass is 32.2.